The van der Waals surface area contributed by atoms with Gasteiger partial charge in [-0.25, -0.2) is 9.97 Å². The highest BCUT2D eigenvalue weighted by molar-refractivity contribution is 6.31. The maximum absolute atomic E-state index is 6.04. The van der Waals surface area contributed by atoms with Gasteiger partial charge >= 0.3 is 0 Å². The number of imidazole rings is 1. The van der Waals surface area contributed by atoms with E-state index in [1.165, 1.54) is 0 Å². The molecule has 0 aliphatic heterocycles. The van der Waals surface area contributed by atoms with Crippen LogP contribution in [0.2, 0.25) is 5.02 Å². The van der Waals surface area contributed by atoms with Gasteiger partial charge in [0, 0.05) is 6.20 Å². The second kappa shape index (κ2) is 5.54. The molecule has 0 atom stereocenters. The van der Waals surface area contributed by atoms with Crippen LogP contribution in [-0.2, 0) is 5.88 Å². The van der Waals surface area contributed by atoms with E-state index in [2.05, 4.69) is 9.97 Å². The Hall–Kier alpha value is -1.78. The first-order valence-electron chi connectivity index (χ1n) is 6.38. The van der Waals surface area contributed by atoms with Crippen molar-refractivity contribution in [3.8, 4) is 11.4 Å². The molecule has 0 saturated carbocycles. The number of fused-ring (bicyclic) bond motifs is 1. The monoisotopic (exact) mass is 321 g/mol. The number of hydrogen-bond acceptors (Lipinski definition) is 3. The maximum Gasteiger partial charge on any atom is 0.164 e. The Morgan fingerprint density at radius 2 is 2.10 bits per heavy atom. The van der Waals surface area contributed by atoms with Crippen molar-refractivity contribution < 1.29 is 4.74 Å². The average Bonchev–Trinajstić information content (AvgIpc) is 2.84. The van der Waals surface area contributed by atoms with Crippen molar-refractivity contribution in [2.24, 2.45) is 0 Å². The van der Waals surface area contributed by atoms with Gasteiger partial charge in [0.25, 0.3) is 0 Å². The van der Waals surface area contributed by atoms with Crippen molar-refractivity contribution in [1.29, 1.82) is 0 Å². The summed E-state index contributed by atoms with van der Waals surface area (Å²) in [4.78, 5) is 8.89. The van der Waals surface area contributed by atoms with E-state index in [9.17, 15) is 0 Å². The molecule has 2 aromatic heterocycles. The summed E-state index contributed by atoms with van der Waals surface area (Å²) in [5, 5.41) is 0.546. The van der Waals surface area contributed by atoms with Gasteiger partial charge in [-0.05, 0) is 30.7 Å². The molecule has 0 saturated heterocycles. The van der Waals surface area contributed by atoms with E-state index in [0.29, 0.717) is 22.0 Å². The highest BCUT2D eigenvalue weighted by Crippen LogP contribution is 2.29. The predicted octanol–water partition coefficient (Wildman–Crippen LogP) is 4.13. The summed E-state index contributed by atoms with van der Waals surface area (Å²) >= 11 is 12.0. The molecule has 0 bridgehead atoms. The molecule has 0 aliphatic rings. The van der Waals surface area contributed by atoms with Crippen LogP contribution in [0.3, 0.4) is 0 Å². The number of halogens is 2. The van der Waals surface area contributed by atoms with Gasteiger partial charge in [0.1, 0.15) is 17.1 Å². The molecule has 21 heavy (non-hydrogen) atoms. The number of nitrogens with zero attached hydrogens (tertiary/aromatic N) is 3. The number of benzene rings is 1. The van der Waals surface area contributed by atoms with Gasteiger partial charge in [0.15, 0.2) is 5.65 Å². The van der Waals surface area contributed by atoms with E-state index in [0.717, 1.165) is 17.0 Å². The summed E-state index contributed by atoms with van der Waals surface area (Å²) in [6, 6.07) is 7.71. The van der Waals surface area contributed by atoms with Crippen LogP contribution in [0.5, 0.6) is 5.75 Å². The van der Waals surface area contributed by atoms with Gasteiger partial charge in [-0.3, -0.25) is 4.57 Å². The number of ether oxygens (including phenoxy) is 1. The number of alkyl halides is 1. The molecule has 2 heterocycles. The molecule has 6 heteroatoms. The summed E-state index contributed by atoms with van der Waals surface area (Å²) < 4.78 is 7.36. The summed E-state index contributed by atoms with van der Waals surface area (Å²) in [7, 11) is 1.64. The summed E-state index contributed by atoms with van der Waals surface area (Å²) in [5.74, 6) is 1.71. The Morgan fingerprint density at radius 1 is 1.29 bits per heavy atom. The lowest BCUT2D eigenvalue weighted by Gasteiger charge is -2.12. The van der Waals surface area contributed by atoms with Gasteiger partial charge in [0.05, 0.1) is 23.7 Å². The molecule has 4 nitrogen and oxygen atoms in total. The first-order valence-corrected chi connectivity index (χ1v) is 7.29. The number of aromatic nitrogens is 3. The molecular formula is C15H13Cl2N3O. The fourth-order valence-corrected chi connectivity index (χ4v) is 2.64. The first kappa shape index (κ1) is 14.2. The lowest BCUT2D eigenvalue weighted by Crippen LogP contribution is -2.03. The van der Waals surface area contributed by atoms with E-state index in [4.69, 9.17) is 27.9 Å². The third-order valence-corrected chi connectivity index (χ3v) is 3.67. The van der Waals surface area contributed by atoms with Crippen LogP contribution in [0.4, 0.5) is 0 Å². The van der Waals surface area contributed by atoms with Gasteiger partial charge in [0.2, 0.25) is 0 Å². The number of pyridine rings is 1. The molecule has 108 valence electrons. The zero-order valence-electron chi connectivity index (χ0n) is 11.6. The Kier molecular flexibility index (Phi) is 3.74. The molecule has 0 radical (unpaired) electrons. The zero-order chi connectivity index (χ0) is 15.0. The molecule has 0 unspecified atom stereocenters. The minimum atomic E-state index is 0.269. The number of hydrogen-bond donors (Lipinski definition) is 0. The maximum atomic E-state index is 6.04. The molecule has 3 aromatic rings. The molecule has 0 fully saturated rings. The Labute approximate surface area is 132 Å². The molecule has 0 spiro atoms. The van der Waals surface area contributed by atoms with Crippen LogP contribution in [-0.4, -0.2) is 21.6 Å². The highest BCUT2D eigenvalue weighted by atomic mass is 35.5. The van der Waals surface area contributed by atoms with Crippen molar-refractivity contribution in [2.45, 2.75) is 12.8 Å². The average molecular weight is 322 g/mol. The minimum Gasteiger partial charge on any atom is -0.495 e. The van der Waals surface area contributed by atoms with Crippen molar-refractivity contribution in [3.05, 3.63) is 46.9 Å². The van der Waals surface area contributed by atoms with Gasteiger partial charge in [-0.15, -0.1) is 11.6 Å². The zero-order valence-corrected chi connectivity index (χ0v) is 13.1. The van der Waals surface area contributed by atoms with E-state index in [1.807, 2.05) is 29.7 Å². The predicted molar refractivity (Wildman–Crippen MR) is 84.7 cm³/mol. The fraction of sp³-hybridized carbons (Fsp3) is 0.200. The van der Waals surface area contributed by atoms with Crippen LogP contribution in [0, 0.1) is 6.92 Å². The molecule has 0 aliphatic carbocycles. The van der Waals surface area contributed by atoms with Crippen molar-refractivity contribution >= 4 is 34.4 Å². The smallest absolute Gasteiger partial charge is 0.164 e. The first-order chi connectivity index (χ1) is 10.1. The van der Waals surface area contributed by atoms with Crippen LogP contribution >= 0.6 is 23.2 Å². The molecule has 3 rings (SSSR count). The van der Waals surface area contributed by atoms with E-state index in [-0.39, 0.29) is 5.88 Å². The summed E-state index contributed by atoms with van der Waals surface area (Å²) in [6.07, 6.45) is 1.60. The Balaban J connectivity index is 2.36. The van der Waals surface area contributed by atoms with Crippen molar-refractivity contribution in [1.82, 2.24) is 14.5 Å². The van der Waals surface area contributed by atoms with Crippen LogP contribution in [0.25, 0.3) is 16.9 Å². The number of rotatable bonds is 3. The third kappa shape index (κ3) is 2.45. The molecule has 0 N–H and O–H groups in total. The van der Waals surface area contributed by atoms with Crippen LogP contribution in [0.15, 0.2) is 30.5 Å². The largest absolute Gasteiger partial charge is 0.495 e. The van der Waals surface area contributed by atoms with E-state index in [1.54, 1.807) is 19.4 Å². The van der Waals surface area contributed by atoms with Gasteiger partial charge in [-0.2, -0.15) is 0 Å². The quantitative estimate of drug-likeness (QED) is 0.681. The second-order valence-corrected chi connectivity index (χ2v) is 5.37. The van der Waals surface area contributed by atoms with Crippen LogP contribution < -0.4 is 4.74 Å². The standard InChI is InChI=1S/C15H13Cl2N3O/c1-9-3-4-13(21-2)12(5-9)20-14(7-16)19-11-6-10(17)8-18-15(11)20/h3-6,8H,7H2,1-2H3. The van der Waals surface area contributed by atoms with Crippen molar-refractivity contribution in [3.63, 3.8) is 0 Å². The number of aryl methyl sites for hydroxylation is 1. The Morgan fingerprint density at radius 3 is 2.81 bits per heavy atom. The third-order valence-electron chi connectivity index (χ3n) is 3.23. The minimum absolute atomic E-state index is 0.269. The lowest BCUT2D eigenvalue weighted by molar-refractivity contribution is 0.412. The normalized spacial score (nSPS) is 11.0. The second-order valence-electron chi connectivity index (χ2n) is 4.67. The molecule has 0 amide bonds. The number of methoxy groups -OCH3 is 1. The van der Waals surface area contributed by atoms with Crippen LogP contribution in [0.1, 0.15) is 11.4 Å². The Bertz CT molecular complexity index is 814. The SMILES string of the molecule is COc1ccc(C)cc1-n1c(CCl)nc2cc(Cl)cnc21. The topological polar surface area (TPSA) is 39.9 Å². The van der Waals surface area contributed by atoms with E-state index >= 15 is 0 Å². The van der Waals surface area contributed by atoms with Gasteiger partial charge < -0.3 is 4.74 Å². The summed E-state index contributed by atoms with van der Waals surface area (Å²) in [5.41, 5.74) is 3.40. The van der Waals surface area contributed by atoms with E-state index < -0.39 is 0 Å². The lowest BCUT2D eigenvalue weighted by atomic mass is 10.2. The van der Waals surface area contributed by atoms with Crippen molar-refractivity contribution in [2.75, 3.05) is 7.11 Å². The molecular weight excluding hydrogens is 309 g/mol. The van der Waals surface area contributed by atoms with Gasteiger partial charge in [-0.1, -0.05) is 17.7 Å². The fourth-order valence-electron chi connectivity index (χ4n) is 2.30. The molecule has 1 aromatic carbocycles. The summed E-state index contributed by atoms with van der Waals surface area (Å²) in [6.45, 7) is 2.02. The highest BCUT2D eigenvalue weighted by Gasteiger charge is 2.16.